The average molecular weight is 369 g/mol. The van der Waals surface area contributed by atoms with Crippen LogP contribution in [-0.2, 0) is 11.2 Å². The third-order valence-electron chi connectivity index (χ3n) is 6.13. The summed E-state index contributed by atoms with van der Waals surface area (Å²) in [7, 11) is 0. The molecule has 146 valence electrons. The molecule has 2 aliphatic rings. The number of benzene rings is 1. The van der Waals surface area contributed by atoms with E-state index in [1.54, 1.807) is 0 Å². The second kappa shape index (κ2) is 9.36. The second-order valence-corrected chi connectivity index (χ2v) is 8.29. The first-order valence-electron chi connectivity index (χ1n) is 10.3. The van der Waals surface area contributed by atoms with Crippen molar-refractivity contribution in [2.24, 2.45) is 17.8 Å². The van der Waals surface area contributed by atoms with Gasteiger partial charge in [-0.05, 0) is 69.3 Å². The third kappa shape index (κ3) is 5.55. The van der Waals surface area contributed by atoms with E-state index in [1.165, 1.54) is 16.7 Å². The maximum atomic E-state index is 10.6. The van der Waals surface area contributed by atoms with E-state index in [4.69, 9.17) is 5.11 Å². The molecule has 3 heteroatoms. The molecule has 0 bridgehead atoms. The van der Waals surface area contributed by atoms with Crippen molar-refractivity contribution < 1.29 is 15.0 Å². The Balaban J connectivity index is 1.46. The molecule has 3 rings (SSSR count). The van der Waals surface area contributed by atoms with E-state index < -0.39 is 5.97 Å². The van der Waals surface area contributed by atoms with Gasteiger partial charge >= 0.3 is 5.97 Å². The summed E-state index contributed by atoms with van der Waals surface area (Å²) in [6.45, 7) is 2.13. The lowest BCUT2D eigenvalue weighted by Crippen LogP contribution is -2.17. The fraction of sp³-hybridized carbons (Fsp3) is 0.542. The summed E-state index contributed by atoms with van der Waals surface area (Å²) in [5.41, 5.74) is 4.15. The number of fused-ring (bicyclic) bond motifs is 1. The molecule has 0 radical (unpaired) electrons. The number of hydrogen-bond donors (Lipinski definition) is 2. The number of rotatable bonds is 9. The molecule has 2 aliphatic carbocycles. The number of carbonyl (C=O) groups is 1. The molecule has 1 saturated carbocycles. The van der Waals surface area contributed by atoms with E-state index >= 15 is 0 Å². The van der Waals surface area contributed by atoms with Gasteiger partial charge < -0.3 is 10.2 Å². The molecule has 1 aromatic carbocycles. The monoisotopic (exact) mass is 368 g/mol. The molecular formula is C24H32O3. The molecule has 0 saturated heterocycles. The topological polar surface area (TPSA) is 57.5 Å². The van der Waals surface area contributed by atoms with Crippen LogP contribution in [0.15, 0.2) is 48.1 Å². The lowest BCUT2D eigenvalue weighted by Gasteiger charge is -2.18. The van der Waals surface area contributed by atoms with E-state index in [0.717, 1.165) is 44.9 Å². The van der Waals surface area contributed by atoms with Gasteiger partial charge in [-0.2, -0.15) is 0 Å². The van der Waals surface area contributed by atoms with Gasteiger partial charge in [-0.1, -0.05) is 53.6 Å². The minimum Gasteiger partial charge on any atom is -0.481 e. The molecule has 0 spiro atoms. The van der Waals surface area contributed by atoms with Gasteiger partial charge in [0, 0.05) is 12.3 Å². The van der Waals surface area contributed by atoms with Crippen LogP contribution in [0.5, 0.6) is 0 Å². The summed E-state index contributed by atoms with van der Waals surface area (Å²) >= 11 is 0. The fourth-order valence-corrected chi connectivity index (χ4v) is 4.79. The van der Waals surface area contributed by atoms with Gasteiger partial charge in [0.05, 0.1) is 6.10 Å². The van der Waals surface area contributed by atoms with E-state index in [2.05, 4.69) is 49.4 Å². The molecule has 0 aromatic heterocycles. The van der Waals surface area contributed by atoms with Gasteiger partial charge in [0.1, 0.15) is 0 Å². The normalized spacial score (nSPS) is 27.1. The van der Waals surface area contributed by atoms with Crippen LogP contribution < -0.4 is 0 Å². The summed E-state index contributed by atoms with van der Waals surface area (Å²) in [4.78, 5) is 10.6. The third-order valence-corrected chi connectivity index (χ3v) is 6.13. The summed E-state index contributed by atoms with van der Waals surface area (Å²) in [5, 5.41) is 19.2. The number of aliphatic carboxylic acids is 1. The van der Waals surface area contributed by atoms with Gasteiger partial charge in [-0.15, -0.1) is 0 Å². The molecule has 0 heterocycles. The maximum absolute atomic E-state index is 10.6. The van der Waals surface area contributed by atoms with Gasteiger partial charge in [0.2, 0.25) is 0 Å². The molecule has 1 fully saturated rings. The van der Waals surface area contributed by atoms with Crippen LogP contribution in [0.3, 0.4) is 0 Å². The molecule has 3 nitrogen and oxygen atoms in total. The van der Waals surface area contributed by atoms with Crippen molar-refractivity contribution in [3.8, 4) is 0 Å². The highest BCUT2D eigenvalue weighted by Crippen LogP contribution is 2.48. The number of hydrogen-bond acceptors (Lipinski definition) is 2. The lowest BCUT2D eigenvalue weighted by molar-refractivity contribution is -0.137. The average Bonchev–Trinajstić information content (AvgIpc) is 3.13. The Labute approximate surface area is 162 Å². The zero-order valence-electron chi connectivity index (χ0n) is 16.3. The van der Waals surface area contributed by atoms with E-state index in [1.807, 2.05) is 0 Å². The van der Waals surface area contributed by atoms with Crippen LogP contribution >= 0.6 is 0 Å². The highest BCUT2D eigenvalue weighted by atomic mass is 16.4. The van der Waals surface area contributed by atoms with Crippen LogP contribution in [0.4, 0.5) is 0 Å². The van der Waals surface area contributed by atoms with Crippen LogP contribution in [0, 0.1) is 24.7 Å². The standard InChI is InChI=1S/C24H32O3/c1-17-7-6-10-18(13-17)8-2-4-11-21-22-15-19(9-3-5-12-24(26)27)14-20(22)16-23(21)25/h4,6-7,10-11,13-14,20-23,25H,2-3,5,8-9,12,15-16H2,1H3,(H,26,27)/b11-4+/t20?,21-,22?,23?/m1/s1. The van der Waals surface area contributed by atoms with Crippen molar-refractivity contribution in [3.05, 3.63) is 59.2 Å². The predicted molar refractivity (Wildman–Crippen MR) is 109 cm³/mol. The minimum atomic E-state index is -0.703. The number of aliphatic hydroxyl groups is 1. The van der Waals surface area contributed by atoms with Crippen molar-refractivity contribution >= 4 is 5.97 Å². The molecular weight excluding hydrogens is 336 g/mol. The highest BCUT2D eigenvalue weighted by molar-refractivity contribution is 5.66. The Morgan fingerprint density at radius 2 is 2.11 bits per heavy atom. The van der Waals surface area contributed by atoms with Crippen molar-refractivity contribution in [3.63, 3.8) is 0 Å². The molecule has 27 heavy (non-hydrogen) atoms. The minimum absolute atomic E-state index is 0.222. The van der Waals surface area contributed by atoms with Crippen LogP contribution in [-0.4, -0.2) is 22.3 Å². The largest absolute Gasteiger partial charge is 0.481 e. The Hall–Kier alpha value is -1.87. The van der Waals surface area contributed by atoms with Crippen LogP contribution in [0.25, 0.3) is 0 Å². The smallest absolute Gasteiger partial charge is 0.303 e. The van der Waals surface area contributed by atoms with E-state index in [0.29, 0.717) is 11.8 Å². The maximum Gasteiger partial charge on any atom is 0.303 e. The molecule has 4 atom stereocenters. The van der Waals surface area contributed by atoms with Crippen molar-refractivity contribution in [1.29, 1.82) is 0 Å². The quantitative estimate of drug-likeness (QED) is 0.472. The highest BCUT2D eigenvalue weighted by Gasteiger charge is 2.42. The Morgan fingerprint density at radius 3 is 2.89 bits per heavy atom. The number of carboxylic acids is 1. The number of unbranched alkanes of at least 4 members (excludes halogenated alkanes) is 1. The number of carboxylic acid groups (broad SMARTS) is 1. The molecule has 2 N–H and O–H groups in total. The second-order valence-electron chi connectivity index (χ2n) is 8.29. The number of allylic oxidation sites excluding steroid dienone is 3. The summed E-state index contributed by atoms with van der Waals surface area (Å²) in [6.07, 6.45) is 13.7. The first-order valence-corrected chi connectivity index (χ1v) is 10.3. The van der Waals surface area contributed by atoms with Gasteiger partial charge in [0.15, 0.2) is 0 Å². The van der Waals surface area contributed by atoms with Crippen molar-refractivity contribution in [2.45, 2.75) is 64.4 Å². The van der Waals surface area contributed by atoms with Gasteiger partial charge in [-0.25, -0.2) is 0 Å². The summed E-state index contributed by atoms with van der Waals surface area (Å²) in [6, 6.07) is 8.66. The predicted octanol–water partition coefficient (Wildman–Crippen LogP) is 5.07. The fourth-order valence-electron chi connectivity index (χ4n) is 4.79. The Bertz CT molecular complexity index is 703. The van der Waals surface area contributed by atoms with E-state index in [9.17, 15) is 9.90 Å². The van der Waals surface area contributed by atoms with Gasteiger partial charge in [0.25, 0.3) is 0 Å². The number of aliphatic hydroxyl groups excluding tert-OH is 1. The molecule has 3 unspecified atom stereocenters. The van der Waals surface area contributed by atoms with Crippen LogP contribution in [0.1, 0.15) is 56.1 Å². The SMILES string of the molecule is Cc1cccc(CC/C=C/[C@H]2C(O)CC3C=C(CCCCC(=O)O)CC32)c1. The molecule has 0 amide bonds. The summed E-state index contributed by atoms with van der Waals surface area (Å²) < 4.78 is 0. The first-order chi connectivity index (χ1) is 13.0. The first kappa shape index (κ1) is 19.9. The van der Waals surface area contributed by atoms with Crippen molar-refractivity contribution in [1.82, 2.24) is 0 Å². The van der Waals surface area contributed by atoms with Gasteiger partial charge in [-0.3, -0.25) is 4.79 Å². The Kier molecular flexibility index (Phi) is 6.89. The number of aryl methyl sites for hydroxylation is 2. The summed E-state index contributed by atoms with van der Waals surface area (Å²) in [5.74, 6) is 0.595. The zero-order chi connectivity index (χ0) is 19.2. The van der Waals surface area contributed by atoms with Crippen LogP contribution in [0.2, 0.25) is 0 Å². The van der Waals surface area contributed by atoms with E-state index in [-0.39, 0.29) is 18.4 Å². The zero-order valence-corrected chi connectivity index (χ0v) is 16.3. The molecule has 0 aliphatic heterocycles. The lowest BCUT2D eigenvalue weighted by atomic mass is 9.88. The Morgan fingerprint density at radius 1 is 1.26 bits per heavy atom. The van der Waals surface area contributed by atoms with Crippen molar-refractivity contribution in [2.75, 3.05) is 0 Å². The molecule has 1 aromatic rings.